The van der Waals surface area contributed by atoms with Crippen LogP contribution in [0.15, 0.2) is 24.3 Å². The molecule has 128 valence electrons. The molecule has 2 saturated heterocycles. The number of benzene rings is 1. The second-order valence-electron chi connectivity index (χ2n) is 6.77. The molecule has 2 aliphatic rings. The summed E-state index contributed by atoms with van der Waals surface area (Å²) in [7, 11) is 0. The molecule has 3 amide bonds. The van der Waals surface area contributed by atoms with Crippen molar-refractivity contribution >= 4 is 29.1 Å². The zero-order valence-electron chi connectivity index (χ0n) is 14.2. The standard InChI is InChI=1S/C18H23N3O3/c1-12-5-3-4-10-20(12)16-11-17(23)21(18(16)24)15-8-6-14(7-9-15)19-13(2)22/h6-9,12,16H,3-5,10-11H2,1-2H3,(H,19,22)/p+1/t12-,16+/m0/s1. The van der Waals surface area contributed by atoms with Gasteiger partial charge in [-0.25, -0.2) is 4.90 Å². The van der Waals surface area contributed by atoms with Gasteiger partial charge in [0.1, 0.15) is 0 Å². The predicted molar refractivity (Wildman–Crippen MR) is 90.8 cm³/mol. The number of piperidine rings is 1. The van der Waals surface area contributed by atoms with Gasteiger partial charge in [-0.15, -0.1) is 0 Å². The van der Waals surface area contributed by atoms with Crippen LogP contribution in [0.2, 0.25) is 0 Å². The Hall–Kier alpha value is -2.21. The van der Waals surface area contributed by atoms with Gasteiger partial charge in [-0.05, 0) is 50.5 Å². The topological polar surface area (TPSA) is 70.9 Å². The van der Waals surface area contributed by atoms with Crippen LogP contribution in [-0.4, -0.2) is 36.3 Å². The lowest BCUT2D eigenvalue weighted by Gasteiger charge is -2.33. The van der Waals surface area contributed by atoms with E-state index >= 15 is 0 Å². The van der Waals surface area contributed by atoms with E-state index in [-0.39, 0.29) is 30.2 Å². The molecule has 2 N–H and O–H groups in total. The Morgan fingerprint density at radius 2 is 1.92 bits per heavy atom. The molecule has 1 unspecified atom stereocenters. The van der Waals surface area contributed by atoms with Gasteiger partial charge in [-0.1, -0.05) is 0 Å². The first-order valence-corrected chi connectivity index (χ1v) is 8.57. The molecule has 0 radical (unpaired) electrons. The van der Waals surface area contributed by atoms with Crippen molar-refractivity contribution in [1.29, 1.82) is 0 Å². The number of quaternary nitrogens is 1. The van der Waals surface area contributed by atoms with Crippen LogP contribution in [0.3, 0.4) is 0 Å². The van der Waals surface area contributed by atoms with E-state index in [4.69, 9.17) is 0 Å². The van der Waals surface area contributed by atoms with Crippen LogP contribution in [0.1, 0.15) is 39.5 Å². The summed E-state index contributed by atoms with van der Waals surface area (Å²) >= 11 is 0. The van der Waals surface area contributed by atoms with Crippen LogP contribution in [0.4, 0.5) is 11.4 Å². The van der Waals surface area contributed by atoms with Crippen molar-refractivity contribution in [1.82, 2.24) is 0 Å². The number of carbonyl (C=O) groups is 3. The molecule has 1 aromatic rings. The average Bonchev–Trinajstić information content (AvgIpc) is 2.83. The largest absolute Gasteiger partial charge is 0.326 e. The summed E-state index contributed by atoms with van der Waals surface area (Å²) < 4.78 is 0. The van der Waals surface area contributed by atoms with Gasteiger partial charge in [0, 0.05) is 12.6 Å². The van der Waals surface area contributed by atoms with E-state index in [2.05, 4.69) is 12.2 Å². The summed E-state index contributed by atoms with van der Waals surface area (Å²) in [5, 5.41) is 2.68. The van der Waals surface area contributed by atoms with Crippen molar-refractivity contribution in [2.75, 3.05) is 16.8 Å². The van der Waals surface area contributed by atoms with Gasteiger partial charge in [0.25, 0.3) is 5.91 Å². The third-order valence-electron chi connectivity index (χ3n) is 5.03. The quantitative estimate of drug-likeness (QED) is 0.803. The van der Waals surface area contributed by atoms with Crippen LogP contribution in [0.5, 0.6) is 0 Å². The van der Waals surface area contributed by atoms with Crippen LogP contribution >= 0.6 is 0 Å². The molecule has 2 heterocycles. The highest BCUT2D eigenvalue weighted by molar-refractivity contribution is 6.21. The second kappa shape index (κ2) is 6.73. The first-order valence-electron chi connectivity index (χ1n) is 8.57. The van der Waals surface area contributed by atoms with E-state index in [0.29, 0.717) is 17.4 Å². The molecule has 0 aromatic heterocycles. The molecule has 0 saturated carbocycles. The summed E-state index contributed by atoms with van der Waals surface area (Å²) in [6.07, 6.45) is 3.71. The van der Waals surface area contributed by atoms with E-state index in [1.807, 2.05) is 0 Å². The lowest BCUT2D eigenvalue weighted by atomic mass is 10.0. The minimum absolute atomic E-state index is 0.101. The molecular formula is C18H24N3O3+. The van der Waals surface area contributed by atoms with Crippen molar-refractivity contribution in [3.05, 3.63) is 24.3 Å². The van der Waals surface area contributed by atoms with Crippen LogP contribution in [-0.2, 0) is 14.4 Å². The fraction of sp³-hybridized carbons (Fsp3) is 0.500. The molecule has 0 aliphatic carbocycles. The molecule has 6 nitrogen and oxygen atoms in total. The van der Waals surface area contributed by atoms with Gasteiger partial charge in [0.15, 0.2) is 6.04 Å². The highest BCUT2D eigenvalue weighted by Crippen LogP contribution is 2.24. The van der Waals surface area contributed by atoms with Gasteiger partial charge in [-0.2, -0.15) is 0 Å². The Morgan fingerprint density at radius 1 is 1.21 bits per heavy atom. The Balaban J connectivity index is 1.77. The number of imide groups is 1. The summed E-state index contributed by atoms with van der Waals surface area (Å²) in [5.74, 6) is -0.391. The van der Waals surface area contributed by atoms with Crippen molar-refractivity contribution in [3.63, 3.8) is 0 Å². The van der Waals surface area contributed by atoms with Gasteiger partial charge < -0.3 is 10.2 Å². The van der Waals surface area contributed by atoms with Crippen molar-refractivity contribution in [2.45, 2.75) is 51.6 Å². The number of hydrogen-bond donors (Lipinski definition) is 2. The monoisotopic (exact) mass is 330 g/mol. The van der Waals surface area contributed by atoms with E-state index in [9.17, 15) is 14.4 Å². The summed E-state index contributed by atoms with van der Waals surface area (Å²) in [6, 6.07) is 6.99. The molecule has 1 aromatic carbocycles. The minimum Gasteiger partial charge on any atom is -0.326 e. The number of likely N-dealkylation sites (tertiary alicyclic amines) is 1. The number of nitrogens with one attached hydrogen (secondary N) is 2. The van der Waals surface area contributed by atoms with Crippen molar-refractivity contribution < 1.29 is 19.3 Å². The average molecular weight is 330 g/mol. The Bertz CT molecular complexity index is 656. The van der Waals surface area contributed by atoms with Crippen LogP contribution < -0.4 is 15.1 Å². The highest BCUT2D eigenvalue weighted by atomic mass is 16.2. The third kappa shape index (κ3) is 3.19. The minimum atomic E-state index is -0.261. The molecule has 2 fully saturated rings. The fourth-order valence-corrected chi connectivity index (χ4v) is 3.82. The Labute approximate surface area is 141 Å². The summed E-state index contributed by atoms with van der Waals surface area (Å²) in [4.78, 5) is 38.9. The lowest BCUT2D eigenvalue weighted by Crippen LogP contribution is -3.20. The maximum Gasteiger partial charge on any atom is 0.292 e. The Morgan fingerprint density at radius 3 is 2.54 bits per heavy atom. The van der Waals surface area contributed by atoms with E-state index in [1.54, 1.807) is 24.3 Å². The maximum absolute atomic E-state index is 12.8. The molecule has 2 aliphatic heterocycles. The number of anilines is 2. The maximum atomic E-state index is 12.8. The van der Waals surface area contributed by atoms with Gasteiger partial charge in [-0.3, -0.25) is 14.4 Å². The van der Waals surface area contributed by atoms with Gasteiger partial charge in [0.05, 0.1) is 24.7 Å². The zero-order valence-corrected chi connectivity index (χ0v) is 14.2. The van der Waals surface area contributed by atoms with E-state index < -0.39 is 0 Å². The van der Waals surface area contributed by atoms with Crippen molar-refractivity contribution in [3.8, 4) is 0 Å². The number of nitrogens with zero attached hydrogens (tertiary/aromatic N) is 1. The number of amides is 3. The smallest absolute Gasteiger partial charge is 0.292 e. The number of hydrogen-bond acceptors (Lipinski definition) is 3. The SMILES string of the molecule is CC(=O)Nc1ccc(N2C(=O)C[C@@H]([NH+]3CCCC[C@@H]3C)C2=O)cc1. The van der Waals surface area contributed by atoms with Gasteiger partial charge in [0.2, 0.25) is 11.8 Å². The third-order valence-corrected chi connectivity index (χ3v) is 5.03. The molecule has 3 rings (SSSR count). The van der Waals surface area contributed by atoms with E-state index in [1.165, 1.54) is 23.1 Å². The van der Waals surface area contributed by atoms with Gasteiger partial charge >= 0.3 is 0 Å². The van der Waals surface area contributed by atoms with Crippen LogP contribution in [0.25, 0.3) is 0 Å². The summed E-state index contributed by atoms with van der Waals surface area (Å²) in [6.45, 7) is 4.56. The normalized spacial score (nSPS) is 27.4. The highest BCUT2D eigenvalue weighted by Gasteiger charge is 2.47. The molecule has 24 heavy (non-hydrogen) atoms. The lowest BCUT2D eigenvalue weighted by molar-refractivity contribution is -0.942. The van der Waals surface area contributed by atoms with Crippen LogP contribution in [0, 0.1) is 0 Å². The molecule has 6 heteroatoms. The molecule has 0 bridgehead atoms. The number of carbonyl (C=O) groups excluding carboxylic acids is 3. The first-order chi connectivity index (χ1) is 11.5. The number of rotatable bonds is 3. The summed E-state index contributed by atoms with van der Waals surface area (Å²) in [5.41, 5.74) is 1.22. The van der Waals surface area contributed by atoms with Crippen molar-refractivity contribution in [2.24, 2.45) is 0 Å². The van der Waals surface area contributed by atoms with E-state index in [0.717, 1.165) is 19.4 Å². The zero-order chi connectivity index (χ0) is 17.3. The first kappa shape index (κ1) is 16.6. The fourth-order valence-electron chi connectivity index (χ4n) is 3.82. The molecule has 3 atom stereocenters. The molecular weight excluding hydrogens is 306 g/mol. The Kier molecular flexibility index (Phi) is 4.66. The second-order valence-corrected chi connectivity index (χ2v) is 6.77. The predicted octanol–water partition coefficient (Wildman–Crippen LogP) is 0.734. The molecule has 0 spiro atoms.